The molecule has 2 aliphatic heterocycles. The van der Waals surface area contributed by atoms with E-state index in [0.29, 0.717) is 12.2 Å². The zero-order chi connectivity index (χ0) is 16.4. The molecule has 2 heterocycles. The molecule has 0 unspecified atom stereocenters. The van der Waals surface area contributed by atoms with Crippen LogP contribution in [0.15, 0.2) is 18.2 Å². The third-order valence-electron chi connectivity index (χ3n) is 3.75. The molecule has 0 aliphatic carbocycles. The number of amides is 2. The van der Waals surface area contributed by atoms with Crippen LogP contribution in [0.3, 0.4) is 0 Å². The molecular weight excluding hydrogens is 310 g/mol. The van der Waals surface area contributed by atoms with Crippen LogP contribution in [0.1, 0.15) is 19.3 Å². The summed E-state index contributed by atoms with van der Waals surface area (Å²) < 4.78 is 40.2. The van der Waals surface area contributed by atoms with Crippen LogP contribution in [-0.2, 0) is 4.74 Å². The summed E-state index contributed by atoms with van der Waals surface area (Å²) in [6, 6.07) is 3.77. The molecule has 2 aliphatic rings. The molecule has 0 saturated carbocycles. The van der Waals surface area contributed by atoms with Crippen molar-refractivity contribution in [1.82, 2.24) is 4.90 Å². The fourth-order valence-corrected chi connectivity index (χ4v) is 2.59. The Bertz CT molecular complexity index is 591. The molecule has 1 fully saturated rings. The summed E-state index contributed by atoms with van der Waals surface area (Å²) >= 11 is 0. The van der Waals surface area contributed by atoms with Gasteiger partial charge >= 0.3 is 12.3 Å². The van der Waals surface area contributed by atoms with E-state index in [1.165, 1.54) is 23.1 Å². The smallest absolute Gasteiger partial charge is 0.395 e. The molecule has 126 valence electrons. The van der Waals surface area contributed by atoms with Crippen LogP contribution in [0, 0.1) is 0 Å². The van der Waals surface area contributed by atoms with E-state index in [-0.39, 0.29) is 23.6 Å². The molecule has 0 bridgehead atoms. The number of alkyl halides is 2. The van der Waals surface area contributed by atoms with Crippen molar-refractivity contribution in [3.63, 3.8) is 0 Å². The predicted molar refractivity (Wildman–Crippen MR) is 77.9 cm³/mol. The van der Waals surface area contributed by atoms with Gasteiger partial charge in [-0.15, -0.1) is 8.78 Å². The summed E-state index contributed by atoms with van der Waals surface area (Å²) in [6.07, 6.45) is -0.559. The highest BCUT2D eigenvalue weighted by Gasteiger charge is 2.43. The highest BCUT2D eigenvalue weighted by atomic mass is 19.3. The summed E-state index contributed by atoms with van der Waals surface area (Å²) in [4.78, 5) is 13.7. The third-order valence-corrected chi connectivity index (χ3v) is 3.75. The van der Waals surface area contributed by atoms with Crippen molar-refractivity contribution in [3.05, 3.63) is 18.2 Å². The zero-order valence-corrected chi connectivity index (χ0v) is 12.7. The molecule has 1 aromatic rings. The summed E-state index contributed by atoms with van der Waals surface area (Å²) in [6.45, 7) is 1.20. The molecule has 6 nitrogen and oxygen atoms in total. The van der Waals surface area contributed by atoms with Crippen molar-refractivity contribution >= 4 is 11.7 Å². The zero-order valence-electron chi connectivity index (χ0n) is 12.7. The lowest BCUT2D eigenvalue weighted by molar-refractivity contribution is -0.286. The number of rotatable bonds is 3. The van der Waals surface area contributed by atoms with Gasteiger partial charge in [-0.3, -0.25) is 0 Å². The maximum Gasteiger partial charge on any atom is 0.586 e. The molecular formula is C15H18F2N2O4. The molecule has 23 heavy (non-hydrogen) atoms. The first-order valence-electron chi connectivity index (χ1n) is 7.46. The van der Waals surface area contributed by atoms with Crippen molar-refractivity contribution < 1.29 is 27.8 Å². The molecule has 3 rings (SSSR count). The van der Waals surface area contributed by atoms with E-state index in [1.807, 2.05) is 0 Å². The molecule has 1 N–H and O–H groups in total. The van der Waals surface area contributed by atoms with Gasteiger partial charge in [-0.2, -0.15) is 0 Å². The van der Waals surface area contributed by atoms with Crippen LogP contribution in [0.25, 0.3) is 0 Å². The molecule has 0 aromatic heterocycles. The highest BCUT2D eigenvalue weighted by Crippen LogP contribution is 2.42. The van der Waals surface area contributed by atoms with E-state index in [2.05, 4.69) is 14.8 Å². The van der Waals surface area contributed by atoms with Crippen molar-refractivity contribution in [1.29, 1.82) is 0 Å². The Morgan fingerprint density at radius 2 is 2.13 bits per heavy atom. The Morgan fingerprint density at radius 3 is 2.87 bits per heavy atom. The highest BCUT2D eigenvalue weighted by molar-refractivity contribution is 5.89. The summed E-state index contributed by atoms with van der Waals surface area (Å²) in [7, 11) is 1.66. The Labute approximate surface area is 132 Å². The number of nitrogens with one attached hydrogen (secondary N) is 1. The number of halogens is 2. The van der Waals surface area contributed by atoms with Gasteiger partial charge in [-0.25, -0.2) is 4.79 Å². The quantitative estimate of drug-likeness (QED) is 0.926. The van der Waals surface area contributed by atoms with Gasteiger partial charge in [-0.05, 0) is 31.4 Å². The van der Waals surface area contributed by atoms with Gasteiger partial charge in [0.25, 0.3) is 0 Å². The third kappa shape index (κ3) is 3.82. The number of carbonyl (C=O) groups excluding carboxylic acids is 1. The predicted octanol–water partition coefficient (Wildman–Crippen LogP) is 3.04. The average molecular weight is 328 g/mol. The molecule has 1 saturated heterocycles. The van der Waals surface area contributed by atoms with Gasteiger partial charge < -0.3 is 24.4 Å². The second-order valence-corrected chi connectivity index (χ2v) is 5.63. The summed E-state index contributed by atoms with van der Waals surface area (Å²) in [5, 5.41) is 2.64. The first-order valence-corrected chi connectivity index (χ1v) is 7.46. The summed E-state index contributed by atoms with van der Waals surface area (Å²) in [5.41, 5.74) is 0.353. The number of benzene rings is 1. The molecule has 2 amide bonds. The SMILES string of the molecule is CN(C[C@H]1CCCCO1)C(=O)Nc1ccc2c(c1)OC(F)(F)O2. The molecule has 8 heteroatoms. The van der Waals surface area contributed by atoms with E-state index in [1.54, 1.807) is 7.05 Å². The largest absolute Gasteiger partial charge is 0.586 e. The second kappa shape index (κ2) is 6.19. The maximum absolute atomic E-state index is 13.0. The Kier molecular flexibility index (Phi) is 4.25. The van der Waals surface area contributed by atoms with Crippen LogP contribution < -0.4 is 14.8 Å². The molecule has 0 spiro atoms. The van der Waals surface area contributed by atoms with Gasteiger partial charge in [0.05, 0.1) is 6.10 Å². The van der Waals surface area contributed by atoms with Gasteiger partial charge in [0.2, 0.25) is 0 Å². The van der Waals surface area contributed by atoms with E-state index >= 15 is 0 Å². The fourth-order valence-electron chi connectivity index (χ4n) is 2.59. The lowest BCUT2D eigenvalue weighted by Crippen LogP contribution is -2.39. The minimum absolute atomic E-state index is 0.0370. The monoisotopic (exact) mass is 328 g/mol. The van der Waals surface area contributed by atoms with Crippen LogP contribution in [0.2, 0.25) is 0 Å². The van der Waals surface area contributed by atoms with Crippen LogP contribution >= 0.6 is 0 Å². The van der Waals surface area contributed by atoms with Gasteiger partial charge in [0.15, 0.2) is 11.5 Å². The molecule has 0 radical (unpaired) electrons. The van der Waals surface area contributed by atoms with E-state index in [9.17, 15) is 13.6 Å². The first-order chi connectivity index (χ1) is 10.9. The average Bonchev–Trinajstić information content (AvgIpc) is 2.81. The number of carbonyl (C=O) groups is 1. The van der Waals surface area contributed by atoms with Crippen LogP contribution in [-0.4, -0.2) is 43.5 Å². The van der Waals surface area contributed by atoms with E-state index < -0.39 is 6.29 Å². The Morgan fingerprint density at radius 1 is 1.35 bits per heavy atom. The standard InChI is InChI=1S/C15H18F2N2O4/c1-19(9-11-4-2-3-7-21-11)14(20)18-10-5-6-12-13(8-10)23-15(16,17)22-12/h5-6,8,11H,2-4,7,9H2,1H3,(H,18,20)/t11-/m1/s1. The fraction of sp³-hybridized carbons (Fsp3) is 0.533. The number of likely N-dealkylation sites (N-methyl/N-ethyl adjacent to an activating group) is 1. The number of anilines is 1. The summed E-state index contributed by atoms with van der Waals surface area (Å²) in [5.74, 6) is -0.164. The van der Waals surface area contributed by atoms with Crippen molar-refractivity contribution in [2.75, 3.05) is 25.5 Å². The number of hydrogen-bond donors (Lipinski definition) is 1. The van der Waals surface area contributed by atoms with Crippen molar-refractivity contribution in [3.8, 4) is 11.5 Å². The number of ether oxygens (including phenoxy) is 3. The number of nitrogens with zero attached hydrogens (tertiary/aromatic N) is 1. The lowest BCUT2D eigenvalue weighted by Gasteiger charge is -2.27. The minimum Gasteiger partial charge on any atom is -0.395 e. The molecule has 1 aromatic carbocycles. The van der Waals surface area contributed by atoms with Gasteiger partial charge in [0.1, 0.15) is 0 Å². The van der Waals surface area contributed by atoms with Gasteiger partial charge in [0, 0.05) is 32.0 Å². The first kappa shape index (κ1) is 15.8. The van der Waals surface area contributed by atoms with E-state index in [0.717, 1.165) is 25.9 Å². The topological polar surface area (TPSA) is 60.0 Å². The normalized spacial score (nSPS) is 21.8. The van der Waals surface area contributed by atoms with Crippen molar-refractivity contribution in [2.45, 2.75) is 31.7 Å². The number of hydrogen-bond acceptors (Lipinski definition) is 4. The number of fused-ring (bicyclic) bond motifs is 1. The van der Waals surface area contributed by atoms with E-state index in [4.69, 9.17) is 4.74 Å². The maximum atomic E-state index is 13.0. The number of urea groups is 1. The van der Waals surface area contributed by atoms with Crippen LogP contribution in [0.5, 0.6) is 11.5 Å². The Balaban J connectivity index is 1.57. The second-order valence-electron chi connectivity index (χ2n) is 5.63. The minimum atomic E-state index is -3.67. The molecule has 1 atom stereocenters. The van der Waals surface area contributed by atoms with Gasteiger partial charge in [-0.1, -0.05) is 0 Å². The lowest BCUT2D eigenvalue weighted by atomic mass is 10.1. The van der Waals surface area contributed by atoms with Crippen LogP contribution in [0.4, 0.5) is 19.3 Å². The van der Waals surface area contributed by atoms with Crippen molar-refractivity contribution in [2.24, 2.45) is 0 Å². The Hall–Kier alpha value is -2.09.